The molecule has 4 rings (SSSR count). The molecule has 0 atom stereocenters. The van der Waals surface area contributed by atoms with Gasteiger partial charge in [0.15, 0.2) is 0 Å². The number of rotatable bonds is 3. The van der Waals surface area contributed by atoms with Crippen LogP contribution in [-0.4, -0.2) is 11.7 Å². The summed E-state index contributed by atoms with van der Waals surface area (Å²) in [7, 11) is 1.71. The average molecular weight is 317 g/mol. The van der Waals surface area contributed by atoms with E-state index in [9.17, 15) is 0 Å². The molecule has 0 spiro atoms. The predicted molar refractivity (Wildman–Crippen MR) is 99.3 cm³/mol. The van der Waals surface area contributed by atoms with Gasteiger partial charge in [-0.05, 0) is 35.1 Å². The van der Waals surface area contributed by atoms with Crippen LogP contribution in [-0.2, 0) is 13.0 Å². The lowest BCUT2D eigenvalue weighted by atomic mass is 9.87. The Labute approximate surface area is 143 Å². The van der Waals surface area contributed by atoms with Crippen molar-refractivity contribution in [2.75, 3.05) is 7.11 Å². The Morgan fingerprint density at radius 1 is 0.917 bits per heavy atom. The van der Waals surface area contributed by atoms with Crippen LogP contribution in [0.15, 0.2) is 60.8 Å². The number of ether oxygens (including phenoxy) is 1. The van der Waals surface area contributed by atoms with Gasteiger partial charge in [0.05, 0.1) is 7.11 Å². The van der Waals surface area contributed by atoms with Crippen LogP contribution in [0.3, 0.4) is 0 Å². The minimum Gasteiger partial charge on any atom is -0.497 e. The van der Waals surface area contributed by atoms with Crippen molar-refractivity contribution in [2.45, 2.75) is 26.8 Å². The molecule has 1 aromatic heterocycles. The van der Waals surface area contributed by atoms with E-state index in [-0.39, 0.29) is 0 Å². The molecule has 0 amide bonds. The maximum Gasteiger partial charge on any atom is 0.118 e. The van der Waals surface area contributed by atoms with Gasteiger partial charge in [-0.1, -0.05) is 56.3 Å². The molecule has 2 heteroatoms. The molecule has 3 aromatic rings. The van der Waals surface area contributed by atoms with E-state index in [1.54, 1.807) is 7.11 Å². The Hall–Kier alpha value is -2.48. The summed E-state index contributed by atoms with van der Waals surface area (Å²) in [5.41, 5.74) is 7.03. The average Bonchev–Trinajstić information content (AvgIpc) is 3.07. The standard InChI is InChI=1S/C22H23NO/c1-22(2)13-20-21(17-7-5-4-6-8-17)19(14-23(20)15-22)16-9-11-18(24-3)12-10-16/h4-12,14H,13,15H2,1-3H3. The summed E-state index contributed by atoms with van der Waals surface area (Å²) >= 11 is 0. The van der Waals surface area contributed by atoms with Crippen molar-refractivity contribution in [3.05, 3.63) is 66.5 Å². The van der Waals surface area contributed by atoms with E-state index in [4.69, 9.17) is 4.74 Å². The first kappa shape index (κ1) is 15.1. The van der Waals surface area contributed by atoms with E-state index >= 15 is 0 Å². The lowest BCUT2D eigenvalue weighted by molar-refractivity contribution is 0.359. The minimum absolute atomic E-state index is 0.331. The number of nitrogens with zero attached hydrogens (tertiary/aromatic N) is 1. The molecule has 0 saturated carbocycles. The van der Waals surface area contributed by atoms with Gasteiger partial charge in [0.25, 0.3) is 0 Å². The zero-order valence-corrected chi connectivity index (χ0v) is 14.5. The number of aromatic nitrogens is 1. The second-order valence-corrected chi connectivity index (χ2v) is 7.43. The van der Waals surface area contributed by atoms with Crippen molar-refractivity contribution in [1.29, 1.82) is 0 Å². The number of hydrogen-bond donors (Lipinski definition) is 0. The summed E-state index contributed by atoms with van der Waals surface area (Å²) in [6, 6.07) is 19.1. The molecule has 1 aliphatic rings. The molecule has 2 nitrogen and oxygen atoms in total. The predicted octanol–water partition coefficient (Wildman–Crippen LogP) is 5.41. The highest BCUT2D eigenvalue weighted by Gasteiger charge is 2.32. The Balaban J connectivity index is 1.89. The van der Waals surface area contributed by atoms with Gasteiger partial charge in [0, 0.05) is 29.6 Å². The fourth-order valence-corrected chi connectivity index (χ4v) is 3.82. The summed E-state index contributed by atoms with van der Waals surface area (Å²) in [6.45, 7) is 5.78. The van der Waals surface area contributed by atoms with Crippen molar-refractivity contribution in [3.63, 3.8) is 0 Å². The zero-order valence-electron chi connectivity index (χ0n) is 14.5. The van der Waals surface area contributed by atoms with Gasteiger partial charge in [0.1, 0.15) is 5.75 Å². The molecular weight excluding hydrogens is 294 g/mol. The summed E-state index contributed by atoms with van der Waals surface area (Å²) in [4.78, 5) is 0. The molecule has 0 unspecified atom stereocenters. The second kappa shape index (κ2) is 5.55. The van der Waals surface area contributed by atoms with Gasteiger partial charge >= 0.3 is 0 Å². The van der Waals surface area contributed by atoms with E-state index in [0.717, 1.165) is 18.7 Å². The van der Waals surface area contributed by atoms with Crippen LogP contribution in [0.25, 0.3) is 22.3 Å². The summed E-state index contributed by atoms with van der Waals surface area (Å²) in [5.74, 6) is 0.896. The molecule has 0 radical (unpaired) electrons. The van der Waals surface area contributed by atoms with Gasteiger partial charge in [-0.3, -0.25) is 0 Å². The molecule has 0 aliphatic carbocycles. The Bertz CT molecular complexity index is 857. The topological polar surface area (TPSA) is 14.2 Å². The second-order valence-electron chi connectivity index (χ2n) is 7.43. The van der Waals surface area contributed by atoms with Crippen LogP contribution in [0, 0.1) is 5.41 Å². The third-order valence-corrected chi connectivity index (χ3v) is 4.90. The highest BCUT2D eigenvalue weighted by molar-refractivity contribution is 5.86. The molecule has 1 aliphatic heterocycles. The van der Waals surface area contributed by atoms with Crippen molar-refractivity contribution < 1.29 is 4.74 Å². The quantitative estimate of drug-likeness (QED) is 0.629. The first-order chi connectivity index (χ1) is 11.6. The summed E-state index contributed by atoms with van der Waals surface area (Å²) in [5, 5.41) is 0. The molecule has 0 N–H and O–H groups in total. The maximum atomic E-state index is 5.30. The third-order valence-electron chi connectivity index (χ3n) is 4.90. The molecule has 24 heavy (non-hydrogen) atoms. The van der Waals surface area contributed by atoms with Gasteiger partial charge < -0.3 is 9.30 Å². The number of hydrogen-bond acceptors (Lipinski definition) is 1. The van der Waals surface area contributed by atoms with Crippen LogP contribution in [0.2, 0.25) is 0 Å². The Kier molecular flexibility index (Phi) is 3.49. The minimum atomic E-state index is 0.331. The zero-order chi connectivity index (χ0) is 16.7. The number of benzene rings is 2. The molecule has 0 bridgehead atoms. The fourth-order valence-electron chi connectivity index (χ4n) is 3.82. The van der Waals surface area contributed by atoms with Crippen LogP contribution in [0.1, 0.15) is 19.5 Å². The van der Waals surface area contributed by atoms with Crippen molar-refractivity contribution in [2.24, 2.45) is 5.41 Å². The highest BCUT2D eigenvalue weighted by Crippen LogP contribution is 2.44. The monoisotopic (exact) mass is 317 g/mol. The molecule has 122 valence electrons. The van der Waals surface area contributed by atoms with E-state index in [0.29, 0.717) is 5.41 Å². The van der Waals surface area contributed by atoms with Crippen molar-refractivity contribution in [1.82, 2.24) is 4.57 Å². The van der Waals surface area contributed by atoms with Crippen LogP contribution < -0.4 is 4.74 Å². The van der Waals surface area contributed by atoms with Crippen LogP contribution in [0.4, 0.5) is 0 Å². The molecule has 0 saturated heterocycles. The van der Waals surface area contributed by atoms with Gasteiger partial charge in [0.2, 0.25) is 0 Å². The van der Waals surface area contributed by atoms with E-state index in [1.165, 1.54) is 27.9 Å². The normalized spacial score (nSPS) is 15.3. The van der Waals surface area contributed by atoms with Crippen molar-refractivity contribution in [3.8, 4) is 28.0 Å². The number of methoxy groups -OCH3 is 1. The summed E-state index contributed by atoms with van der Waals surface area (Å²) < 4.78 is 7.75. The van der Waals surface area contributed by atoms with Gasteiger partial charge in [-0.15, -0.1) is 0 Å². The maximum absolute atomic E-state index is 5.30. The number of fused-ring (bicyclic) bond motifs is 1. The first-order valence-electron chi connectivity index (χ1n) is 8.49. The first-order valence-corrected chi connectivity index (χ1v) is 8.49. The Morgan fingerprint density at radius 2 is 1.62 bits per heavy atom. The molecule has 0 fully saturated rings. The van der Waals surface area contributed by atoms with Gasteiger partial charge in [-0.25, -0.2) is 0 Å². The highest BCUT2D eigenvalue weighted by atomic mass is 16.5. The van der Waals surface area contributed by atoms with Crippen LogP contribution >= 0.6 is 0 Å². The van der Waals surface area contributed by atoms with E-state index in [1.807, 2.05) is 12.1 Å². The largest absolute Gasteiger partial charge is 0.497 e. The third kappa shape index (κ3) is 2.52. The lowest BCUT2D eigenvalue weighted by Gasteiger charge is -2.16. The fraction of sp³-hybridized carbons (Fsp3) is 0.273. The SMILES string of the molecule is COc1ccc(-c2cn3c(c2-c2ccccc2)CC(C)(C)C3)cc1. The smallest absolute Gasteiger partial charge is 0.118 e. The van der Waals surface area contributed by atoms with E-state index in [2.05, 4.69) is 67.1 Å². The van der Waals surface area contributed by atoms with Gasteiger partial charge in [-0.2, -0.15) is 0 Å². The van der Waals surface area contributed by atoms with Crippen molar-refractivity contribution >= 4 is 0 Å². The molecular formula is C22H23NO. The summed E-state index contributed by atoms with van der Waals surface area (Å²) in [6.07, 6.45) is 3.45. The Morgan fingerprint density at radius 3 is 2.29 bits per heavy atom. The lowest BCUT2D eigenvalue weighted by Crippen LogP contribution is -2.12. The molecule has 2 heterocycles. The van der Waals surface area contributed by atoms with Crippen LogP contribution in [0.5, 0.6) is 5.75 Å². The molecule has 2 aromatic carbocycles. The van der Waals surface area contributed by atoms with E-state index < -0.39 is 0 Å².